The van der Waals surface area contributed by atoms with Crippen molar-refractivity contribution < 1.29 is 4.79 Å². The van der Waals surface area contributed by atoms with Crippen molar-refractivity contribution in [1.29, 1.82) is 0 Å². The number of amides is 1. The highest BCUT2D eigenvalue weighted by Gasteiger charge is 2.32. The summed E-state index contributed by atoms with van der Waals surface area (Å²) in [6.07, 6.45) is 3.56. The van der Waals surface area contributed by atoms with Crippen LogP contribution in [0.3, 0.4) is 0 Å². The summed E-state index contributed by atoms with van der Waals surface area (Å²) in [5.74, 6) is 1.03. The Balaban J connectivity index is 1.79. The molecule has 0 unspecified atom stereocenters. The number of nitrogens with zero attached hydrogens (tertiary/aromatic N) is 2. The average molecular weight is 253 g/mol. The van der Waals surface area contributed by atoms with Gasteiger partial charge in [0, 0.05) is 38.8 Å². The molecule has 1 aliphatic heterocycles. The number of piperazine rings is 1. The summed E-state index contributed by atoms with van der Waals surface area (Å²) in [6.45, 7) is 10.1. The molecular formula is C14H27N3O. The van der Waals surface area contributed by atoms with Crippen LogP contribution in [0.1, 0.15) is 33.1 Å². The Hall–Kier alpha value is -0.610. The number of carbonyl (C=O) groups excluding carboxylic acids is 1. The molecule has 0 aromatic carbocycles. The number of rotatable bonds is 6. The Morgan fingerprint density at radius 2 is 2.00 bits per heavy atom. The van der Waals surface area contributed by atoms with Crippen LogP contribution in [0.5, 0.6) is 0 Å². The molecule has 4 nitrogen and oxygen atoms in total. The van der Waals surface area contributed by atoms with Crippen LogP contribution in [0.25, 0.3) is 0 Å². The van der Waals surface area contributed by atoms with Crippen LogP contribution in [-0.2, 0) is 4.79 Å². The summed E-state index contributed by atoms with van der Waals surface area (Å²) in [5.41, 5.74) is 0. The third kappa shape index (κ3) is 4.25. The van der Waals surface area contributed by atoms with E-state index in [1.807, 2.05) is 0 Å². The molecule has 104 valence electrons. The minimum absolute atomic E-state index is 0.347. The van der Waals surface area contributed by atoms with Crippen molar-refractivity contribution in [2.24, 2.45) is 5.92 Å². The second-order valence-electron chi connectivity index (χ2n) is 6.03. The van der Waals surface area contributed by atoms with Gasteiger partial charge in [0.2, 0.25) is 5.91 Å². The molecule has 0 bridgehead atoms. The molecule has 2 fully saturated rings. The molecule has 1 N–H and O–H groups in total. The Bertz CT molecular complexity index is 270. The molecule has 1 aliphatic carbocycles. The normalized spacial score (nSPS) is 21.3. The first-order chi connectivity index (χ1) is 8.66. The van der Waals surface area contributed by atoms with Crippen molar-refractivity contribution in [3.05, 3.63) is 0 Å². The Morgan fingerprint density at radius 3 is 2.56 bits per heavy atom. The van der Waals surface area contributed by atoms with Crippen molar-refractivity contribution >= 4 is 5.91 Å². The SMILES string of the molecule is CC(C)CCN(C(=O)CN1CCNCC1)C1CC1. The molecule has 2 rings (SSSR count). The van der Waals surface area contributed by atoms with Gasteiger partial charge in [-0.3, -0.25) is 9.69 Å². The Labute approximate surface area is 111 Å². The van der Waals surface area contributed by atoms with Gasteiger partial charge in [0.05, 0.1) is 6.54 Å². The third-order valence-corrected chi connectivity index (χ3v) is 3.82. The quantitative estimate of drug-likeness (QED) is 0.765. The van der Waals surface area contributed by atoms with Crippen LogP contribution in [-0.4, -0.2) is 61.0 Å². The van der Waals surface area contributed by atoms with Gasteiger partial charge >= 0.3 is 0 Å². The van der Waals surface area contributed by atoms with E-state index >= 15 is 0 Å². The van der Waals surface area contributed by atoms with E-state index in [0.717, 1.165) is 39.1 Å². The van der Waals surface area contributed by atoms with Gasteiger partial charge in [-0.05, 0) is 25.2 Å². The lowest BCUT2D eigenvalue weighted by atomic mass is 10.1. The number of carbonyl (C=O) groups is 1. The molecule has 0 aromatic heterocycles. The molecule has 0 aromatic rings. The van der Waals surface area contributed by atoms with Crippen molar-refractivity contribution in [3.8, 4) is 0 Å². The highest BCUT2D eigenvalue weighted by Crippen LogP contribution is 2.27. The lowest BCUT2D eigenvalue weighted by Crippen LogP contribution is -2.49. The van der Waals surface area contributed by atoms with E-state index < -0.39 is 0 Å². The largest absolute Gasteiger partial charge is 0.339 e. The minimum atomic E-state index is 0.347. The first-order valence-corrected chi connectivity index (χ1v) is 7.39. The maximum Gasteiger partial charge on any atom is 0.236 e. The number of nitrogens with one attached hydrogen (secondary N) is 1. The lowest BCUT2D eigenvalue weighted by Gasteiger charge is -2.30. The smallest absolute Gasteiger partial charge is 0.236 e. The monoisotopic (exact) mass is 253 g/mol. The first kappa shape index (κ1) is 13.8. The summed E-state index contributed by atoms with van der Waals surface area (Å²) < 4.78 is 0. The third-order valence-electron chi connectivity index (χ3n) is 3.82. The molecule has 2 aliphatic rings. The predicted octanol–water partition coefficient (Wildman–Crippen LogP) is 0.929. The second-order valence-corrected chi connectivity index (χ2v) is 6.03. The molecule has 1 saturated heterocycles. The molecule has 18 heavy (non-hydrogen) atoms. The molecule has 0 radical (unpaired) electrons. The van der Waals surface area contributed by atoms with E-state index in [4.69, 9.17) is 0 Å². The fraction of sp³-hybridized carbons (Fsp3) is 0.929. The molecular weight excluding hydrogens is 226 g/mol. The zero-order chi connectivity index (χ0) is 13.0. The maximum absolute atomic E-state index is 12.4. The van der Waals surface area contributed by atoms with E-state index in [9.17, 15) is 4.79 Å². The average Bonchev–Trinajstić information content (AvgIpc) is 3.14. The van der Waals surface area contributed by atoms with Crippen molar-refractivity contribution in [2.45, 2.75) is 39.2 Å². The van der Waals surface area contributed by atoms with E-state index in [1.165, 1.54) is 12.8 Å². The van der Waals surface area contributed by atoms with Gasteiger partial charge in [-0.1, -0.05) is 13.8 Å². The topological polar surface area (TPSA) is 35.6 Å². The Kier molecular flexibility index (Phi) is 5.01. The van der Waals surface area contributed by atoms with E-state index in [-0.39, 0.29) is 0 Å². The van der Waals surface area contributed by atoms with Crippen LogP contribution in [0.4, 0.5) is 0 Å². The van der Waals surface area contributed by atoms with E-state index in [2.05, 4.69) is 29.0 Å². The van der Waals surface area contributed by atoms with Crippen LogP contribution in [0.15, 0.2) is 0 Å². The molecule has 0 atom stereocenters. The number of hydrogen-bond acceptors (Lipinski definition) is 3. The van der Waals surface area contributed by atoms with Gasteiger partial charge in [-0.25, -0.2) is 0 Å². The highest BCUT2D eigenvalue weighted by molar-refractivity contribution is 5.79. The molecule has 1 amide bonds. The van der Waals surface area contributed by atoms with Crippen LogP contribution in [0, 0.1) is 5.92 Å². The summed E-state index contributed by atoms with van der Waals surface area (Å²) in [6, 6.07) is 0.555. The molecule has 1 heterocycles. The summed E-state index contributed by atoms with van der Waals surface area (Å²) in [5, 5.41) is 3.33. The summed E-state index contributed by atoms with van der Waals surface area (Å²) >= 11 is 0. The minimum Gasteiger partial charge on any atom is -0.339 e. The Morgan fingerprint density at radius 1 is 1.33 bits per heavy atom. The highest BCUT2D eigenvalue weighted by atomic mass is 16.2. The zero-order valence-corrected chi connectivity index (χ0v) is 11.8. The zero-order valence-electron chi connectivity index (χ0n) is 11.8. The van der Waals surface area contributed by atoms with Gasteiger partial charge in [-0.2, -0.15) is 0 Å². The van der Waals surface area contributed by atoms with Gasteiger partial charge in [0.25, 0.3) is 0 Å². The first-order valence-electron chi connectivity index (χ1n) is 7.39. The standard InChI is InChI=1S/C14H27N3O/c1-12(2)5-8-17(13-3-4-13)14(18)11-16-9-6-15-7-10-16/h12-13,15H,3-11H2,1-2H3. The van der Waals surface area contributed by atoms with Gasteiger partial charge in [0.15, 0.2) is 0 Å². The second kappa shape index (κ2) is 6.53. The van der Waals surface area contributed by atoms with Crippen molar-refractivity contribution in [1.82, 2.24) is 15.1 Å². The van der Waals surface area contributed by atoms with Crippen LogP contribution >= 0.6 is 0 Å². The van der Waals surface area contributed by atoms with E-state index in [1.54, 1.807) is 0 Å². The molecule has 0 spiro atoms. The van der Waals surface area contributed by atoms with Gasteiger partial charge < -0.3 is 10.2 Å². The fourth-order valence-electron chi connectivity index (χ4n) is 2.45. The lowest BCUT2D eigenvalue weighted by molar-refractivity contribution is -0.133. The van der Waals surface area contributed by atoms with Crippen LogP contribution in [0.2, 0.25) is 0 Å². The van der Waals surface area contributed by atoms with Crippen LogP contribution < -0.4 is 5.32 Å². The molecule has 1 saturated carbocycles. The van der Waals surface area contributed by atoms with Gasteiger partial charge in [-0.15, -0.1) is 0 Å². The van der Waals surface area contributed by atoms with E-state index in [0.29, 0.717) is 24.4 Å². The van der Waals surface area contributed by atoms with Crippen molar-refractivity contribution in [3.63, 3.8) is 0 Å². The predicted molar refractivity (Wildman–Crippen MR) is 73.5 cm³/mol. The fourth-order valence-corrected chi connectivity index (χ4v) is 2.45. The van der Waals surface area contributed by atoms with Crippen molar-refractivity contribution in [2.75, 3.05) is 39.3 Å². The maximum atomic E-state index is 12.4. The van der Waals surface area contributed by atoms with Gasteiger partial charge in [0.1, 0.15) is 0 Å². The molecule has 4 heteroatoms. The summed E-state index contributed by atoms with van der Waals surface area (Å²) in [4.78, 5) is 16.8. The number of hydrogen-bond donors (Lipinski definition) is 1. The summed E-state index contributed by atoms with van der Waals surface area (Å²) in [7, 11) is 0.